The smallest absolute Gasteiger partial charge is 0.231 e. The molecule has 0 radical (unpaired) electrons. The summed E-state index contributed by atoms with van der Waals surface area (Å²) in [5.74, 6) is 0.710. The first kappa shape index (κ1) is 19.2. The van der Waals surface area contributed by atoms with E-state index in [0.717, 1.165) is 12.0 Å². The number of halogens is 2. The maximum Gasteiger partial charge on any atom is 0.231 e. The summed E-state index contributed by atoms with van der Waals surface area (Å²) in [6.07, 6.45) is 2.70. The van der Waals surface area contributed by atoms with Gasteiger partial charge in [0, 0.05) is 11.6 Å². The van der Waals surface area contributed by atoms with Crippen LogP contribution in [0.2, 0.25) is 5.02 Å². The normalized spacial score (nSPS) is 14.0. The number of Topliss-reactive ketones (excluding diaryl/α,β-unsaturated/α-hetero) is 1. The van der Waals surface area contributed by atoms with E-state index in [4.69, 9.17) is 21.1 Å². The molecule has 0 fully saturated rings. The minimum absolute atomic E-state index is 0.160. The molecule has 0 aliphatic carbocycles. The van der Waals surface area contributed by atoms with Crippen LogP contribution in [0.15, 0.2) is 66.4 Å². The highest BCUT2D eigenvalue weighted by Gasteiger charge is 2.27. The van der Waals surface area contributed by atoms with Crippen LogP contribution in [-0.2, 0) is 13.0 Å². The van der Waals surface area contributed by atoms with Gasteiger partial charge in [-0.15, -0.1) is 0 Å². The summed E-state index contributed by atoms with van der Waals surface area (Å²) in [4.78, 5) is 12.6. The van der Waals surface area contributed by atoms with Crippen LogP contribution in [0.25, 0.3) is 6.08 Å². The third kappa shape index (κ3) is 4.17. The van der Waals surface area contributed by atoms with E-state index in [1.807, 2.05) is 24.3 Å². The van der Waals surface area contributed by atoms with Crippen molar-refractivity contribution in [2.75, 3.05) is 0 Å². The predicted molar refractivity (Wildman–Crippen MR) is 111 cm³/mol. The Balaban J connectivity index is 1.50. The molecule has 3 aromatic carbocycles. The van der Waals surface area contributed by atoms with Gasteiger partial charge in [0.25, 0.3) is 0 Å². The van der Waals surface area contributed by atoms with E-state index in [-0.39, 0.29) is 18.1 Å². The van der Waals surface area contributed by atoms with Gasteiger partial charge in [-0.05, 0) is 47.9 Å². The Morgan fingerprint density at radius 2 is 1.86 bits per heavy atom. The fourth-order valence-corrected chi connectivity index (χ4v) is 3.28. The lowest BCUT2D eigenvalue weighted by molar-refractivity contribution is 0.101. The highest BCUT2D eigenvalue weighted by atomic mass is 35.5. The van der Waals surface area contributed by atoms with Gasteiger partial charge in [-0.2, -0.15) is 0 Å². The van der Waals surface area contributed by atoms with Gasteiger partial charge in [0.05, 0.1) is 10.6 Å². The second kappa shape index (κ2) is 8.10. The van der Waals surface area contributed by atoms with E-state index in [2.05, 4.69) is 6.92 Å². The summed E-state index contributed by atoms with van der Waals surface area (Å²) < 4.78 is 24.7. The summed E-state index contributed by atoms with van der Waals surface area (Å²) in [5, 5.41) is 0.303. The molecule has 1 heterocycles. The first-order valence-corrected chi connectivity index (χ1v) is 9.65. The Labute approximate surface area is 173 Å². The Bertz CT molecular complexity index is 1100. The monoisotopic (exact) mass is 408 g/mol. The fourth-order valence-electron chi connectivity index (χ4n) is 3.06. The summed E-state index contributed by atoms with van der Waals surface area (Å²) in [6.45, 7) is 2.27. The number of fused-ring (bicyclic) bond motifs is 1. The van der Waals surface area contributed by atoms with Crippen LogP contribution in [0.4, 0.5) is 4.39 Å². The Morgan fingerprint density at radius 1 is 1.07 bits per heavy atom. The second-order valence-electron chi connectivity index (χ2n) is 6.72. The van der Waals surface area contributed by atoms with E-state index < -0.39 is 5.82 Å². The number of carbonyl (C=O) groups excluding carboxylic acids is 1. The maximum atomic E-state index is 13.1. The molecule has 0 aromatic heterocycles. The molecular weight excluding hydrogens is 391 g/mol. The van der Waals surface area contributed by atoms with Crippen LogP contribution in [0.3, 0.4) is 0 Å². The Kier molecular flexibility index (Phi) is 5.36. The number of benzene rings is 3. The molecule has 3 nitrogen and oxygen atoms in total. The van der Waals surface area contributed by atoms with E-state index >= 15 is 0 Å². The van der Waals surface area contributed by atoms with Crippen molar-refractivity contribution in [2.45, 2.75) is 20.0 Å². The van der Waals surface area contributed by atoms with Gasteiger partial charge in [0.2, 0.25) is 5.78 Å². The van der Waals surface area contributed by atoms with Gasteiger partial charge < -0.3 is 9.47 Å². The van der Waals surface area contributed by atoms with Gasteiger partial charge in [0.15, 0.2) is 5.76 Å². The molecule has 0 saturated heterocycles. The average molecular weight is 409 g/mol. The average Bonchev–Trinajstić information content (AvgIpc) is 3.03. The predicted octanol–water partition coefficient (Wildman–Crippen LogP) is 6.24. The molecule has 5 heteroatoms. The summed E-state index contributed by atoms with van der Waals surface area (Å²) in [7, 11) is 0. The lowest BCUT2D eigenvalue weighted by Gasteiger charge is -2.08. The zero-order valence-corrected chi connectivity index (χ0v) is 16.5. The van der Waals surface area contributed by atoms with Crippen LogP contribution in [0.5, 0.6) is 11.5 Å². The van der Waals surface area contributed by atoms with Crippen molar-refractivity contribution in [1.82, 2.24) is 0 Å². The topological polar surface area (TPSA) is 35.5 Å². The van der Waals surface area contributed by atoms with E-state index in [1.165, 1.54) is 17.7 Å². The summed E-state index contributed by atoms with van der Waals surface area (Å²) >= 11 is 6.03. The Hall–Kier alpha value is -3.11. The number of hydrogen-bond acceptors (Lipinski definition) is 3. The highest BCUT2D eigenvalue weighted by Crippen LogP contribution is 2.35. The van der Waals surface area contributed by atoms with Crippen LogP contribution in [0.1, 0.15) is 34.0 Å². The minimum Gasteiger partial charge on any atom is -0.489 e. The molecule has 29 heavy (non-hydrogen) atoms. The first-order chi connectivity index (χ1) is 14.0. The molecular formula is C24H18ClFO3. The van der Waals surface area contributed by atoms with E-state index in [9.17, 15) is 9.18 Å². The van der Waals surface area contributed by atoms with E-state index in [1.54, 1.807) is 30.3 Å². The van der Waals surface area contributed by atoms with Crippen molar-refractivity contribution in [3.8, 4) is 11.5 Å². The van der Waals surface area contributed by atoms with Gasteiger partial charge in [-0.1, -0.05) is 48.9 Å². The zero-order chi connectivity index (χ0) is 20.4. The van der Waals surface area contributed by atoms with Crippen molar-refractivity contribution in [3.05, 3.63) is 99.5 Å². The van der Waals surface area contributed by atoms with Crippen molar-refractivity contribution in [2.24, 2.45) is 0 Å². The van der Waals surface area contributed by atoms with Crippen molar-refractivity contribution in [3.63, 3.8) is 0 Å². The third-order valence-corrected chi connectivity index (χ3v) is 5.09. The quantitative estimate of drug-likeness (QED) is 0.469. The molecule has 0 bridgehead atoms. The van der Waals surface area contributed by atoms with Crippen molar-refractivity contribution >= 4 is 23.5 Å². The molecule has 0 unspecified atom stereocenters. The number of aryl methyl sites for hydroxylation is 1. The van der Waals surface area contributed by atoms with E-state index in [0.29, 0.717) is 27.6 Å². The number of allylic oxidation sites excluding steroid dienone is 1. The molecule has 0 spiro atoms. The van der Waals surface area contributed by atoms with Gasteiger partial charge in [-0.3, -0.25) is 4.79 Å². The molecule has 1 aliphatic rings. The number of carbonyl (C=O) groups is 1. The van der Waals surface area contributed by atoms with Gasteiger partial charge in [0.1, 0.15) is 23.9 Å². The summed E-state index contributed by atoms with van der Waals surface area (Å²) in [6, 6.07) is 17.2. The molecule has 0 N–H and O–H groups in total. The number of rotatable bonds is 5. The van der Waals surface area contributed by atoms with Crippen LogP contribution >= 0.6 is 11.6 Å². The largest absolute Gasteiger partial charge is 0.489 e. The van der Waals surface area contributed by atoms with Crippen molar-refractivity contribution in [1.29, 1.82) is 0 Å². The zero-order valence-electron chi connectivity index (χ0n) is 15.7. The van der Waals surface area contributed by atoms with Crippen LogP contribution < -0.4 is 9.47 Å². The molecule has 0 atom stereocenters. The lowest BCUT2D eigenvalue weighted by Crippen LogP contribution is -1.98. The minimum atomic E-state index is -0.396. The molecule has 4 rings (SSSR count). The maximum absolute atomic E-state index is 13.1. The highest BCUT2D eigenvalue weighted by molar-refractivity contribution is 6.31. The molecule has 1 aliphatic heterocycles. The molecule has 0 amide bonds. The standard InChI is InChI=1S/C24H18ClFO3/c1-2-15-3-5-16(6-4-15)11-23-24(27)20-10-9-19(13-22(20)29-23)28-14-17-7-8-18(26)12-21(17)25/h3-13H,2,14H2,1H3. The lowest BCUT2D eigenvalue weighted by atomic mass is 10.1. The second-order valence-corrected chi connectivity index (χ2v) is 7.12. The molecule has 3 aromatic rings. The third-order valence-electron chi connectivity index (χ3n) is 4.74. The first-order valence-electron chi connectivity index (χ1n) is 9.27. The summed E-state index contributed by atoms with van der Waals surface area (Å²) in [5.41, 5.74) is 3.30. The fraction of sp³-hybridized carbons (Fsp3) is 0.125. The van der Waals surface area contributed by atoms with Gasteiger partial charge in [-0.25, -0.2) is 4.39 Å². The number of hydrogen-bond donors (Lipinski definition) is 0. The Morgan fingerprint density at radius 3 is 2.59 bits per heavy atom. The van der Waals surface area contributed by atoms with Gasteiger partial charge >= 0.3 is 0 Å². The van der Waals surface area contributed by atoms with Crippen LogP contribution in [0, 0.1) is 5.82 Å². The molecule has 146 valence electrons. The van der Waals surface area contributed by atoms with Crippen LogP contribution in [-0.4, -0.2) is 5.78 Å². The van der Waals surface area contributed by atoms with Crippen molar-refractivity contribution < 1.29 is 18.7 Å². The number of ether oxygens (including phenoxy) is 2. The number of ketones is 1. The SMILES string of the molecule is CCc1ccc(C=C2Oc3cc(OCc4ccc(F)cc4Cl)ccc3C2=O)cc1. The molecule has 0 saturated carbocycles.